The molecule has 0 bridgehead atoms. The highest BCUT2D eigenvalue weighted by Gasteiger charge is 2.07. The molecular formula is C10H13NOS. The average molecular weight is 195 g/mol. The topological polar surface area (TPSA) is 30.0 Å². The number of aromatic nitrogens is 1. The van der Waals surface area contributed by atoms with Crippen molar-refractivity contribution < 1.29 is 4.79 Å². The predicted molar refractivity (Wildman–Crippen MR) is 56.3 cm³/mol. The molecule has 0 amide bonds. The minimum Gasteiger partial charge on any atom is -0.293 e. The fraction of sp³-hybridized carbons (Fsp3) is 0.400. The molecule has 3 heteroatoms. The van der Waals surface area contributed by atoms with Gasteiger partial charge in [0.15, 0.2) is 5.78 Å². The van der Waals surface area contributed by atoms with Gasteiger partial charge in [-0.05, 0) is 24.3 Å². The second-order valence-electron chi connectivity index (χ2n) is 2.75. The molecule has 1 rings (SSSR count). The molecule has 0 radical (unpaired) electrons. The molecule has 0 fully saturated rings. The lowest BCUT2D eigenvalue weighted by Crippen LogP contribution is -2.05. The van der Waals surface area contributed by atoms with Gasteiger partial charge < -0.3 is 0 Å². The van der Waals surface area contributed by atoms with Crippen LogP contribution >= 0.6 is 11.8 Å². The van der Waals surface area contributed by atoms with E-state index >= 15 is 0 Å². The number of aryl methyl sites for hydroxylation is 1. The molecule has 0 aromatic carbocycles. The first-order valence-electron chi connectivity index (χ1n) is 4.27. The zero-order valence-electron chi connectivity index (χ0n) is 7.91. The van der Waals surface area contributed by atoms with Crippen LogP contribution < -0.4 is 0 Å². The van der Waals surface area contributed by atoms with Crippen molar-refractivity contribution >= 4 is 17.5 Å². The Morgan fingerprint density at radius 3 is 3.00 bits per heavy atom. The van der Waals surface area contributed by atoms with Crippen LogP contribution in [-0.2, 0) is 0 Å². The summed E-state index contributed by atoms with van der Waals surface area (Å²) >= 11 is 1.64. The van der Waals surface area contributed by atoms with Gasteiger partial charge in [0.05, 0.1) is 5.75 Å². The van der Waals surface area contributed by atoms with Crippen LogP contribution in [0.25, 0.3) is 0 Å². The number of carbonyl (C=O) groups excluding carboxylic acids is 1. The van der Waals surface area contributed by atoms with E-state index in [-0.39, 0.29) is 5.78 Å². The molecular weight excluding hydrogens is 182 g/mol. The van der Waals surface area contributed by atoms with E-state index < -0.39 is 0 Å². The molecule has 0 saturated heterocycles. The summed E-state index contributed by atoms with van der Waals surface area (Å²) in [6.07, 6.45) is 3.35. The molecule has 0 saturated carbocycles. The monoisotopic (exact) mass is 195 g/mol. The highest BCUT2D eigenvalue weighted by molar-refractivity contribution is 7.99. The maximum atomic E-state index is 11.6. The lowest BCUT2D eigenvalue weighted by molar-refractivity contribution is 0.102. The Kier molecular flexibility index (Phi) is 3.96. The quantitative estimate of drug-likeness (QED) is 0.691. The summed E-state index contributed by atoms with van der Waals surface area (Å²) in [4.78, 5) is 15.5. The Bertz CT molecular complexity index is 299. The van der Waals surface area contributed by atoms with Crippen molar-refractivity contribution in [1.29, 1.82) is 0 Å². The Hall–Kier alpha value is -0.830. The second-order valence-corrected chi connectivity index (χ2v) is 4.03. The number of Topliss-reactive ketones (excluding diaryl/α,β-unsaturated/α-hetero) is 1. The summed E-state index contributed by atoms with van der Waals surface area (Å²) < 4.78 is 0. The third-order valence-electron chi connectivity index (χ3n) is 1.78. The fourth-order valence-electron chi connectivity index (χ4n) is 1.03. The maximum Gasteiger partial charge on any atom is 0.174 e. The molecule has 0 atom stereocenters. The van der Waals surface area contributed by atoms with Gasteiger partial charge in [0.25, 0.3) is 0 Å². The second kappa shape index (κ2) is 5.02. The smallest absolute Gasteiger partial charge is 0.174 e. The number of hydrogen-bond donors (Lipinski definition) is 0. The minimum absolute atomic E-state index is 0.178. The number of hydrogen-bond acceptors (Lipinski definition) is 3. The molecule has 0 unspecified atom stereocenters. The van der Waals surface area contributed by atoms with Crippen molar-refractivity contribution in [2.24, 2.45) is 0 Å². The summed E-state index contributed by atoms with van der Waals surface area (Å²) in [6, 6.07) is 1.86. The van der Waals surface area contributed by atoms with E-state index in [1.54, 1.807) is 24.2 Å². The molecule has 2 nitrogen and oxygen atoms in total. The standard InChI is InChI=1S/C10H13NOS/c1-3-13-7-10(12)9-6-11-5-4-8(9)2/h4-6H,3,7H2,1-2H3. The number of rotatable bonds is 4. The Labute approximate surface area is 82.8 Å². The molecule has 0 aliphatic heterocycles. The van der Waals surface area contributed by atoms with Crippen molar-refractivity contribution in [3.8, 4) is 0 Å². The minimum atomic E-state index is 0.178. The van der Waals surface area contributed by atoms with Crippen molar-refractivity contribution in [3.05, 3.63) is 29.6 Å². The van der Waals surface area contributed by atoms with E-state index in [1.807, 2.05) is 19.9 Å². The first-order chi connectivity index (χ1) is 6.25. The lowest BCUT2D eigenvalue weighted by Gasteiger charge is -2.02. The maximum absolute atomic E-state index is 11.6. The van der Waals surface area contributed by atoms with Crippen LogP contribution in [0.5, 0.6) is 0 Å². The zero-order chi connectivity index (χ0) is 9.68. The normalized spacial score (nSPS) is 10.0. The van der Waals surface area contributed by atoms with Crippen molar-refractivity contribution in [1.82, 2.24) is 4.98 Å². The highest BCUT2D eigenvalue weighted by Crippen LogP contribution is 2.09. The van der Waals surface area contributed by atoms with Gasteiger partial charge in [-0.25, -0.2) is 0 Å². The molecule has 70 valence electrons. The van der Waals surface area contributed by atoms with Crippen LogP contribution in [0.1, 0.15) is 22.8 Å². The van der Waals surface area contributed by atoms with Gasteiger partial charge in [-0.2, -0.15) is 11.8 Å². The summed E-state index contributed by atoms with van der Waals surface area (Å²) in [5.41, 5.74) is 1.76. The van der Waals surface area contributed by atoms with Gasteiger partial charge >= 0.3 is 0 Å². The van der Waals surface area contributed by atoms with Crippen LogP contribution in [0.4, 0.5) is 0 Å². The average Bonchev–Trinajstić information content (AvgIpc) is 2.15. The number of nitrogens with zero attached hydrogens (tertiary/aromatic N) is 1. The molecule has 1 aromatic rings. The number of ketones is 1. The van der Waals surface area contributed by atoms with Gasteiger partial charge in [0.2, 0.25) is 0 Å². The number of carbonyl (C=O) groups is 1. The number of pyridine rings is 1. The molecule has 1 aromatic heterocycles. The SMILES string of the molecule is CCSCC(=O)c1cnccc1C. The zero-order valence-corrected chi connectivity index (χ0v) is 8.73. The third kappa shape index (κ3) is 2.84. The Morgan fingerprint density at radius 1 is 1.62 bits per heavy atom. The summed E-state index contributed by atoms with van der Waals surface area (Å²) in [6.45, 7) is 3.99. The fourth-order valence-corrected chi connectivity index (χ4v) is 1.57. The van der Waals surface area contributed by atoms with Gasteiger partial charge in [-0.1, -0.05) is 6.92 Å². The molecule has 13 heavy (non-hydrogen) atoms. The van der Waals surface area contributed by atoms with E-state index in [0.29, 0.717) is 5.75 Å². The Morgan fingerprint density at radius 2 is 2.38 bits per heavy atom. The third-order valence-corrected chi connectivity index (χ3v) is 2.65. The van der Waals surface area contributed by atoms with E-state index in [1.165, 1.54) is 0 Å². The summed E-state index contributed by atoms with van der Waals surface area (Å²) in [5.74, 6) is 1.71. The van der Waals surface area contributed by atoms with Gasteiger partial charge in [-0.15, -0.1) is 0 Å². The van der Waals surface area contributed by atoms with E-state index in [4.69, 9.17) is 0 Å². The summed E-state index contributed by atoms with van der Waals surface area (Å²) in [7, 11) is 0. The lowest BCUT2D eigenvalue weighted by atomic mass is 10.1. The Balaban J connectivity index is 2.71. The first-order valence-corrected chi connectivity index (χ1v) is 5.42. The molecule has 0 aliphatic rings. The van der Waals surface area contributed by atoms with Crippen LogP contribution in [0.3, 0.4) is 0 Å². The van der Waals surface area contributed by atoms with E-state index in [0.717, 1.165) is 16.9 Å². The van der Waals surface area contributed by atoms with Crippen LogP contribution in [-0.4, -0.2) is 22.3 Å². The van der Waals surface area contributed by atoms with Gasteiger partial charge in [-0.3, -0.25) is 9.78 Å². The first kappa shape index (κ1) is 10.3. The molecule has 0 N–H and O–H groups in total. The van der Waals surface area contributed by atoms with Crippen molar-refractivity contribution in [2.75, 3.05) is 11.5 Å². The molecule has 1 heterocycles. The predicted octanol–water partition coefficient (Wildman–Crippen LogP) is 2.33. The highest BCUT2D eigenvalue weighted by atomic mass is 32.2. The summed E-state index contributed by atoms with van der Waals surface area (Å²) in [5, 5.41) is 0. The van der Waals surface area contributed by atoms with Gasteiger partial charge in [0, 0.05) is 18.0 Å². The van der Waals surface area contributed by atoms with Crippen LogP contribution in [0.15, 0.2) is 18.5 Å². The van der Waals surface area contributed by atoms with Crippen molar-refractivity contribution in [3.63, 3.8) is 0 Å². The molecule has 0 spiro atoms. The largest absolute Gasteiger partial charge is 0.293 e. The van der Waals surface area contributed by atoms with Crippen molar-refractivity contribution in [2.45, 2.75) is 13.8 Å². The molecule has 0 aliphatic carbocycles. The van der Waals surface area contributed by atoms with Crippen LogP contribution in [0, 0.1) is 6.92 Å². The van der Waals surface area contributed by atoms with E-state index in [2.05, 4.69) is 4.98 Å². The van der Waals surface area contributed by atoms with Gasteiger partial charge in [0.1, 0.15) is 0 Å². The number of thioether (sulfide) groups is 1. The van der Waals surface area contributed by atoms with E-state index in [9.17, 15) is 4.79 Å². The van der Waals surface area contributed by atoms with Crippen LogP contribution in [0.2, 0.25) is 0 Å².